The van der Waals surface area contributed by atoms with Crippen molar-refractivity contribution < 1.29 is 16.8 Å². The number of aromatic amines is 2. The molecule has 2 aromatic carbocycles. The summed E-state index contributed by atoms with van der Waals surface area (Å²) in [7, 11) is -7.02. The van der Waals surface area contributed by atoms with Gasteiger partial charge in [0.25, 0.3) is 0 Å². The predicted molar refractivity (Wildman–Crippen MR) is 196 cm³/mol. The number of sulfonamides is 2. The van der Waals surface area contributed by atoms with E-state index in [0.717, 1.165) is 26.4 Å². The van der Waals surface area contributed by atoms with Crippen LogP contribution in [0.1, 0.15) is 129 Å². The maximum absolute atomic E-state index is 12.5. The molecule has 258 valence electrons. The molecule has 2 aliphatic rings. The lowest BCUT2D eigenvalue weighted by Gasteiger charge is -2.22. The third-order valence-corrected chi connectivity index (χ3v) is 13.1. The summed E-state index contributed by atoms with van der Waals surface area (Å²) in [6.45, 7) is 11.1. The summed E-state index contributed by atoms with van der Waals surface area (Å²) in [5, 5.41) is 2.29. The molecule has 0 unspecified atom stereocenters. The van der Waals surface area contributed by atoms with E-state index in [1.807, 2.05) is 53.7 Å². The predicted octanol–water partition coefficient (Wildman–Crippen LogP) is 9.35. The quantitative estimate of drug-likeness (QED) is 0.157. The highest BCUT2D eigenvalue weighted by Gasteiger charge is 2.26. The molecule has 0 radical (unpaired) electrons. The van der Waals surface area contributed by atoms with Gasteiger partial charge in [0.05, 0.1) is 14.4 Å². The summed E-state index contributed by atoms with van der Waals surface area (Å²) in [6, 6.07) is 10.8. The number of fused-ring (bicyclic) bond motifs is 2. The van der Waals surface area contributed by atoms with E-state index in [0.29, 0.717) is 21.6 Å². The number of benzene rings is 2. The van der Waals surface area contributed by atoms with E-state index >= 15 is 0 Å². The number of halogens is 1. The minimum atomic E-state index is -3.52. The van der Waals surface area contributed by atoms with E-state index < -0.39 is 31.1 Å². The topological polar surface area (TPSA) is 124 Å². The third-order valence-electron chi connectivity index (χ3n) is 9.01. The Morgan fingerprint density at radius 2 is 1.13 bits per heavy atom. The van der Waals surface area contributed by atoms with Gasteiger partial charge in [0, 0.05) is 39.1 Å². The second kappa shape index (κ2) is 14.0. The zero-order chi connectivity index (χ0) is 34.2. The van der Waals surface area contributed by atoms with Crippen molar-refractivity contribution in [3.8, 4) is 0 Å². The van der Waals surface area contributed by atoms with E-state index in [-0.39, 0.29) is 0 Å². The van der Waals surface area contributed by atoms with Gasteiger partial charge < -0.3 is 9.97 Å². The highest BCUT2D eigenvalue weighted by atomic mass is 79.9. The molecule has 2 aliphatic carbocycles. The van der Waals surface area contributed by atoms with Crippen LogP contribution in [0.2, 0.25) is 0 Å². The first kappa shape index (κ1) is 36.1. The monoisotopic (exact) mass is 746 g/mol. The lowest BCUT2D eigenvalue weighted by molar-refractivity contribution is 0.444. The first-order valence-electron chi connectivity index (χ1n) is 16.9. The Balaban J connectivity index is 0.000000185. The van der Waals surface area contributed by atoms with Gasteiger partial charge >= 0.3 is 0 Å². The first-order chi connectivity index (χ1) is 21.9. The Kier molecular flexibility index (Phi) is 10.7. The Hall–Kier alpha value is -2.18. The second-order valence-electron chi connectivity index (χ2n) is 15.4. The molecule has 4 N–H and O–H groups in total. The number of hydrogen-bond acceptors (Lipinski definition) is 4. The zero-order valence-corrected chi connectivity index (χ0v) is 31.8. The molecule has 0 spiro atoms. The van der Waals surface area contributed by atoms with E-state index in [4.69, 9.17) is 0 Å². The standard InChI is InChI=1S/C18H25BrN2O2S.C18H26N2O2S/c1-18(2,3)21-24(22,23)13-9-10-14-15(11-13)20-17(19)16(14)12-7-5-4-6-8-12;1-18(2,3)20-23(21,22)14-9-10-15-16(12-19-17(15)11-14)13-7-5-4-6-8-13/h9-12,20-21H,4-8H2,1-3H3;9-13,19-20H,4-8H2,1-3H3. The van der Waals surface area contributed by atoms with Crippen LogP contribution in [0.4, 0.5) is 0 Å². The third kappa shape index (κ3) is 8.90. The van der Waals surface area contributed by atoms with Crippen LogP contribution in [0, 0.1) is 0 Å². The highest BCUT2D eigenvalue weighted by molar-refractivity contribution is 9.10. The summed E-state index contributed by atoms with van der Waals surface area (Å²) in [6.07, 6.45) is 14.7. The van der Waals surface area contributed by atoms with Crippen LogP contribution in [0.3, 0.4) is 0 Å². The average Bonchev–Trinajstić information content (AvgIpc) is 3.55. The van der Waals surface area contributed by atoms with Crippen LogP contribution in [0.15, 0.2) is 57.0 Å². The molecule has 0 aliphatic heterocycles. The molecule has 4 aromatic rings. The van der Waals surface area contributed by atoms with Crippen LogP contribution in [0.25, 0.3) is 21.8 Å². The van der Waals surface area contributed by atoms with Crippen molar-refractivity contribution in [3.63, 3.8) is 0 Å². The molecule has 2 saturated carbocycles. The zero-order valence-electron chi connectivity index (χ0n) is 28.6. The molecular formula is C36H51BrN4O4S2. The van der Waals surface area contributed by atoms with Crippen molar-refractivity contribution >= 4 is 57.8 Å². The minimum absolute atomic E-state index is 0.300. The molecule has 47 heavy (non-hydrogen) atoms. The van der Waals surface area contributed by atoms with E-state index in [2.05, 4.69) is 41.5 Å². The first-order valence-corrected chi connectivity index (χ1v) is 20.7. The number of rotatable bonds is 6. The molecule has 0 atom stereocenters. The van der Waals surface area contributed by atoms with Crippen LogP contribution >= 0.6 is 15.9 Å². The summed E-state index contributed by atoms with van der Waals surface area (Å²) in [5.74, 6) is 1.16. The Labute approximate surface area is 289 Å². The van der Waals surface area contributed by atoms with Crippen molar-refractivity contribution in [2.24, 2.45) is 0 Å². The van der Waals surface area contributed by atoms with E-state index in [1.165, 1.54) is 75.3 Å². The smallest absolute Gasteiger partial charge is 0.241 e. The van der Waals surface area contributed by atoms with Gasteiger partial charge in [-0.15, -0.1) is 0 Å². The second-order valence-corrected chi connectivity index (χ2v) is 19.6. The molecule has 2 fully saturated rings. The van der Waals surface area contributed by atoms with Gasteiger partial charge in [0.1, 0.15) is 0 Å². The minimum Gasteiger partial charge on any atom is -0.361 e. The van der Waals surface area contributed by atoms with Crippen molar-refractivity contribution in [3.05, 3.63) is 58.3 Å². The number of hydrogen-bond donors (Lipinski definition) is 4. The fourth-order valence-corrected chi connectivity index (χ4v) is 10.7. The van der Waals surface area contributed by atoms with Crippen LogP contribution < -0.4 is 9.44 Å². The maximum Gasteiger partial charge on any atom is 0.241 e. The lowest BCUT2D eigenvalue weighted by Crippen LogP contribution is -2.40. The Morgan fingerprint density at radius 1 is 0.660 bits per heavy atom. The van der Waals surface area contributed by atoms with Gasteiger partial charge in [0.2, 0.25) is 20.0 Å². The molecule has 0 bridgehead atoms. The largest absolute Gasteiger partial charge is 0.361 e. The summed E-state index contributed by atoms with van der Waals surface area (Å²) >= 11 is 3.65. The summed E-state index contributed by atoms with van der Waals surface area (Å²) in [4.78, 5) is 7.21. The van der Waals surface area contributed by atoms with E-state index in [1.54, 1.807) is 24.3 Å². The van der Waals surface area contributed by atoms with Crippen LogP contribution in [0.5, 0.6) is 0 Å². The van der Waals surface area contributed by atoms with Gasteiger partial charge in [0.15, 0.2) is 0 Å². The molecule has 11 heteroatoms. The number of H-pyrrole nitrogens is 2. The molecule has 0 saturated heterocycles. The lowest BCUT2D eigenvalue weighted by atomic mass is 9.84. The van der Waals surface area contributed by atoms with Gasteiger partial charge in [-0.1, -0.05) is 50.7 Å². The van der Waals surface area contributed by atoms with Gasteiger partial charge in [-0.2, -0.15) is 0 Å². The maximum atomic E-state index is 12.5. The SMILES string of the molecule is CC(C)(C)NS(=O)(=O)c1ccc2c(C3CCCCC3)c(Br)[nH]c2c1.CC(C)(C)NS(=O)(=O)c1ccc2c(C3CCCCC3)c[nH]c2c1. The van der Waals surface area contributed by atoms with Crippen molar-refractivity contribution in [1.29, 1.82) is 0 Å². The summed E-state index contributed by atoms with van der Waals surface area (Å²) < 4.78 is 56.4. The number of aromatic nitrogens is 2. The normalized spacial score (nSPS) is 17.6. The molecule has 8 nitrogen and oxygen atoms in total. The molecule has 2 aromatic heterocycles. The highest BCUT2D eigenvalue weighted by Crippen LogP contribution is 2.41. The van der Waals surface area contributed by atoms with Gasteiger partial charge in [-0.25, -0.2) is 26.3 Å². The summed E-state index contributed by atoms with van der Waals surface area (Å²) in [5.41, 5.74) is 3.43. The molecule has 2 heterocycles. The van der Waals surface area contributed by atoms with Crippen LogP contribution in [-0.4, -0.2) is 37.9 Å². The fourth-order valence-electron chi connectivity index (χ4n) is 7.09. The van der Waals surface area contributed by atoms with Crippen molar-refractivity contribution in [2.75, 3.05) is 0 Å². The van der Waals surface area contributed by atoms with Gasteiger partial charge in [-0.05, 0) is 130 Å². The van der Waals surface area contributed by atoms with Crippen LogP contribution in [-0.2, 0) is 20.0 Å². The fraction of sp³-hybridized carbons (Fsp3) is 0.556. The molecule has 6 rings (SSSR count). The average molecular weight is 748 g/mol. The van der Waals surface area contributed by atoms with Crippen molar-refractivity contribution in [1.82, 2.24) is 19.4 Å². The number of nitrogens with one attached hydrogen (secondary N) is 4. The Morgan fingerprint density at radius 3 is 1.64 bits per heavy atom. The van der Waals surface area contributed by atoms with E-state index in [9.17, 15) is 16.8 Å². The Bertz CT molecular complexity index is 1920. The van der Waals surface area contributed by atoms with Crippen molar-refractivity contribution in [2.45, 2.75) is 138 Å². The molecule has 0 amide bonds. The van der Waals surface area contributed by atoms with Gasteiger partial charge in [-0.3, -0.25) is 0 Å². The molecular weight excluding hydrogens is 696 g/mol.